The van der Waals surface area contributed by atoms with Crippen molar-refractivity contribution in [2.24, 2.45) is 0 Å². The summed E-state index contributed by atoms with van der Waals surface area (Å²) in [5.41, 5.74) is -5.12. The summed E-state index contributed by atoms with van der Waals surface area (Å²) in [7, 11) is 0. The zero-order valence-electron chi connectivity index (χ0n) is 6.71. The van der Waals surface area contributed by atoms with E-state index in [1.807, 2.05) is 0 Å². The van der Waals surface area contributed by atoms with E-state index in [1.54, 1.807) is 0 Å². The molecule has 0 saturated carbocycles. The molecule has 0 atom stereocenters. The first-order valence-electron chi connectivity index (χ1n) is 3.49. The highest BCUT2D eigenvalue weighted by Crippen LogP contribution is 2.48. The fraction of sp³-hybridized carbons (Fsp3) is 1.00. The van der Waals surface area contributed by atoms with Crippen LogP contribution in [0.25, 0.3) is 0 Å². The molecular weight excluding hydrogens is 237 g/mol. The van der Waals surface area contributed by atoms with Crippen LogP contribution < -0.4 is 0 Å². The van der Waals surface area contributed by atoms with Gasteiger partial charge in [0.05, 0.1) is 0 Å². The van der Waals surface area contributed by atoms with E-state index in [1.165, 1.54) is 0 Å². The molecule has 0 saturated heterocycles. The van der Waals surface area contributed by atoms with Gasteiger partial charge in [-0.1, -0.05) is 0 Å². The SMILES string of the molecule is FC(F)(F)C(F)(CCCS)C(F)(F)F. The lowest BCUT2D eigenvalue weighted by molar-refractivity contribution is -0.343. The van der Waals surface area contributed by atoms with Gasteiger partial charge in [-0.15, -0.1) is 0 Å². The van der Waals surface area contributed by atoms with E-state index in [0.717, 1.165) is 0 Å². The monoisotopic (exact) mass is 244 g/mol. The molecule has 0 nitrogen and oxygen atoms in total. The Hall–Kier alpha value is -0.140. The first kappa shape index (κ1) is 13.9. The van der Waals surface area contributed by atoms with Gasteiger partial charge in [-0.3, -0.25) is 0 Å². The van der Waals surface area contributed by atoms with Gasteiger partial charge in [0.1, 0.15) is 0 Å². The number of alkyl halides is 7. The summed E-state index contributed by atoms with van der Waals surface area (Å²) in [5, 5.41) is 0. The van der Waals surface area contributed by atoms with Gasteiger partial charge in [-0.05, 0) is 12.2 Å². The second-order valence-electron chi connectivity index (χ2n) is 2.62. The van der Waals surface area contributed by atoms with E-state index >= 15 is 0 Å². The van der Waals surface area contributed by atoms with Gasteiger partial charge in [-0.25, -0.2) is 4.39 Å². The molecule has 0 aromatic carbocycles. The third kappa shape index (κ3) is 2.68. The van der Waals surface area contributed by atoms with Crippen LogP contribution in [0.1, 0.15) is 12.8 Å². The van der Waals surface area contributed by atoms with Crippen molar-refractivity contribution in [3.63, 3.8) is 0 Å². The smallest absolute Gasteiger partial charge is 0.224 e. The van der Waals surface area contributed by atoms with Crippen molar-refractivity contribution in [2.75, 3.05) is 5.75 Å². The highest BCUT2D eigenvalue weighted by Gasteiger charge is 2.71. The number of hydrogen-bond acceptors (Lipinski definition) is 1. The number of thiol groups is 1. The molecule has 0 unspecified atom stereocenters. The average molecular weight is 244 g/mol. The van der Waals surface area contributed by atoms with Gasteiger partial charge in [0.2, 0.25) is 0 Å². The van der Waals surface area contributed by atoms with Crippen LogP contribution in [0.15, 0.2) is 0 Å². The van der Waals surface area contributed by atoms with Gasteiger partial charge in [0.25, 0.3) is 5.67 Å². The van der Waals surface area contributed by atoms with Crippen molar-refractivity contribution in [1.29, 1.82) is 0 Å². The minimum atomic E-state index is -5.94. The van der Waals surface area contributed by atoms with E-state index in [9.17, 15) is 30.7 Å². The van der Waals surface area contributed by atoms with Crippen LogP contribution in [0.5, 0.6) is 0 Å². The molecule has 0 bridgehead atoms. The standard InChI is InChI=1S/C6H7F7S/c7-4(2-1-3-14,5(8,9)10)6(11,12)13/h14H,1-3H2. The minimum Gasteiger partial charge on any atom is -0.224 e. The van der Waals surface area contributed by atoms with Crippen LogP contribution in [0.3, 0.4) is 0 Å². The Kier molecular flexibility index (Phi) is 4.12. The highest BCUT2D eigenvalue weighted by atomic mass is 32.1. The van der Waals surface area contributed by atoms with Crippen molar-refractivity contribution in [1.82, 2.24) is 0 Å². The lowest BCUT2D eigenvalue weighted by atomic mass is 9.99. The number of rotatable bonds is 3. The molecule has 8 heteroatoms. The van der Waals surface area contributed by atoms with Crippen LogP contribution in [0, 0.1) is 0 Å². The second kappa shape index (κ2) is 4.16. The fourth-order valence-electron chi connectivity index (χ4n) is 0.767. The predicted molar refractivity (Wildman–Crippen MR) is 39.0 cm³/mol. The normalized spacial score (nSPS) is 14.6. The van der Waals surface area contributed by atoms with E-state index in [-0.39, 0.29) is 5.75 Å². The Morgan fingerprint density at radius 2 is 1.14 bits per heavy atom. The fourth-order valence-corrected chi connectivity index (χ4v) is 0.925. The third-order valence-electron chi connectivity index (χ3n) is 1.58. The second-order valence-corrected chi connectivity index (χ2v) is 3.07. The molecule has 0 spiro atoms. The van der Waals surface area contributed by atoms with Crippen molar-refractivity contribution in [3.05, 3.63) is 0 Å². The van der Waals surface area contributed by atoms with E-state index in [2.05, 4.69) is 12.6 Å². The molecule has 0 aliphatic rings. The van der Waals surface area contributed by atoms with Crippen LogP contribution in [0.2, 0.25) is 0 Å². The van der Waals surface area contributed by atoms with Gasteiger partial charge in [-0.2, -0.15) is 39.0 Å². The molecule has 0 radical (unpaired) electrons. The Morgan fingerprint density at radius 1 is 0.786 bits per heavy atom. The molecule has 0 fully saturated rings. The topological polar surface area (TPSA) is 0 Å². The highest BCUT2D eigenvalue weighted by molar-refractivity contribution is 7.80. The molecule has 0 rings (SSSR count). The molecule has 14 heavy (non-hydrogen) atoms. The number of hydrogen-bond donors (Lipinski definition) is 1. The van der Waals surface area contributed by atoms with Crippen molar-refractivity contribution < 1.29 is 30.7 Å². The van der Waals surface area contributed by atoms with Crippen LogP contribution in [-0.4, -0.2) is 23.8 Å². The molecule has 0 N–H and O–H groups in total. The predicted octanol–water partition coefficient (Wildman–Crippen LogP) is 3.53. The Balaban J connectivity index is 4.87. The maximum atomic E-state index is 12.7. The van der Waals surface area contributed by atoms with E-state index < -0.39 is 30.9 Å². The largest absolute Gasteiger partial charge is 0.431 e. The van der Waals surface area contributed by atoms with Gasteiger partial charge in [0.15, 0.2) is 0 Å². The summed E-state index contributed by atoms with van der Waals surface area (Å²) in [6.07, 6.45) is -14.1. The zero-order chi connectivity index (χ0) is 11.6. The summed E-state index contributed by atoms with van der Waals surface area (Å²) >= 11 is 3.42. The molecule has 0 aromatic rings. The maximum Gasteiger partial charge on any atom is 0.431 e. The van der Waals surface area contributed by atoms with Crippen LogP contribution in [-0.2, 0) is 0 Å². The minimum absolute atomic E-state index is 0.238. The number of halogens is 7. The molecule has 0 aliphatic carbocycles. The molecule has 0 heterocycles. The lowest BCUT2D eigenvalue weighted by Crippen LogP contribution is -2.53. The van der Waals surface area contributed by atoms with Gasteiger partial charge in [0, 0.05) is 6.42 Å². The molecular formula is C6H7F7S. The zero-order valence-corrected chi connectivity index (χ0v) is 7.61. The Labute approximate surface area is 80.9 Å². The molecule has 0 amide bonds. The van der Waals surface area contributed by atoms with Gasteiger partial charge < -0.3 is 0 Å². The summed E-state index contributed by atoms with van der Waals surface area (Å²) in [6.45, 7) is 0. The maximum absolute atomic E-state index is 12.7. The van der Waals surface area contributed by atoms with Crippen molar-refractivity contribution >= 4 is 12.6 Å². The summed E-state index contributed by atoms with van der Waals surface area (Å²) in [6, 6.07) is 0. The summed E-state index contributed by atoms with van der Waals surface area (Å²) in [4.78, 5) is 0. The Bertz CT molecular complexity index is 168. The lowest BCUT2D eigenvalue weighted by Gasteiger charge is -2.29. The first-order valence-corrected chi connectivity index (χ1v) is 4.13. The molecule has 86 valence electrons. The third-order valence-corrected chi connectivity index (χ3v) is 1.89. The molecule has 0 aliphatic heterocycles. The van der Waals surface area contributed by atoms with Crippen LogP contribution >= 0.6 is 12.6 Å². The molecule has 0 aromatic heterocycles. The van der Waals surface area contributed by atoms with Crippen molar-refractivity contribution in [2.45, 2.75) is 30.9 Å². The van der Waals surface area contributed by atoms with E-state index in [0.29, 0.717) is 0 Å². The summed E-state index contributed by atoms with van der Waals surface area (Å²) < 4.78 is 83.5. The Morgan fingerprint density at radius 3 is 1.36 bits per heavy atom. The quantitative estimate of drug-likeness (QED) is 0.569. The van der Waals surface area contributed by atoms with Crippen molar-refractivity contribution in [3.8, 4) is 0 Å². The average Bonchev–Trinajstić information content (AvgIpc) is 1.95. The van der Waals surface area contributed by atoms with Crippen LogP contribution in [0.4, 0.5) is 30.7 Å². The summed E-state index contributed by atoms with van der Waals surface area (Å²) in [5.74, 6) is -0.238. The van der Waals surface area contributed by atoms with E-state index in [4.69, 9.17) is 0 Å². The van der Waals surface area contributed by atoms with Gasteiger partial charge >= 0.3 is 12.4 Å². The first-order chi connectivity index (χ1) is 6.06.